The van der Waals surface area contributed by atoms with Crippen LogP contribution >= 0.6 is 11.6 Å². The van der Waals surface area contributed by atoms with Crippen molar-refractivity contribution in [3.05, 3.63) is 34.9 Å². The number of nitrogens with one attached hydrogen (secondary N) is 1. The van der Waals surface area contributed by atoms with E-state index in [4.69, 9.17) is 17.3 Å². The van der Waals surface area contributed by atoms with Gasteiger partial charge in [0.1, 0.15) is 6.04 Å². The number of carbonyl (C=O) groups excluding carboxylic acids is 2. The maximum Gasteiger partial charge on any atom is 0.240 e. The van der Waals surface area contributed by atoms with Gasteiger partial charge in [-0.3, -0.25) is 9.59 Å². The molecular weight excluding hydrogens is 336 g/mol. The van der Waals surface area contributed by atoms with E-state index in [0.717, 1.165) is 24.8 Å². The zero-order chi connectivity index (χ0) is 17.6. The number of primary amides is 1. The highest BCUT2D eigenvalue weighted by molar-refractivity contribution is 6.30. The van der Waals surface area contributed by atoms with E-state index in [9.17, 15) is 9.59 Å². The van der Waals surface area contributed by atoms with Gasteiger partial charge in [-0.25, -0.2) is 0 Å². The largest absolute Gasteiger partial charge is 0.368 e. The van der Waals surface area contributed by atoms with Crippen LogP contribution in [0.2, 0.25) is 5.02 Å². The third-order valence-electron chi connectivity index (χ3n) is 6.50. The number of rotatable bonds is 5. The molecule has 4 fully saturated rings. The Kier molecular flexibility index (Phi) is 4.27. The number of amides is 2. The molecule has 4 saturated carbocycles. The van der Waals surface area contributed by atoms with Crippen molar-refractivity contribution in [3.63, 3.8) is 0 Å². The van der Waals surface area contributed by atoms with Crippen molar-refractivity contribution in [2.75, 3.05) is 0 Å². The highest BCUT2D eigenvalue weighted by Crippen LogP contribution is 2.60. The van der Waals surface area contributed by atoms with E-state index >= 15 is 0 Å². The molecule has 1 aromatic rings. The van der Waals surface area contributed by atoms with E-state index in [-0.39, 0.29) is 11.3 Å². The van der Waals surface area contributed by atoms with Gasteiger partial charge in [0.2, 0.25) is 11.8 Å². The van der Waals surface area contributed by atoms with Crippen LogP contribution in [0.15, 0.2) is 24.3 Å². The van der Waals surface area contributed by atoms with E-state index < -0.39 is 11.9 Å². The van der Waals surface area contributed by atoms with Crippen molar-refractivity contribution in [3.8, 4) is 0 Å². The monoisotopic (exact) mass is 360 g/mol. The summed E-state index contributed by atoms with van der Waals surface area (Å²) in [5.74, 6) is 1.63. The maximum atomic E-state index is 13.1. The van der Waals surface area contributed by atoms with Gasteiger partial charge in [0.05, 0.1) is 0 Å². The van der Waals surface area contributed by atoms with Crippen molar-refractivity contribution < 1.29 is 9.59 Å². The first-order chi connectivity index (χ1) is 11.9. The molecule has 4 aliphatic carbocycles. The van der Waals surface area contributed by atoms with Crippen LogP contribution in [0, 0.1) is 23.2 Å². The average Bonchev–Trinajstić information content (AvgIpc) is 2.52. The predicted octanol–water partition coefficient (Wildman–Crippen LogP) is 3.07. The molecule has 3 N–H and O–H groups in total. The Morgan fingerprint density at radius 3 is 2.28 bits per heavy atom. The van der Waals surface area contributed by atoms with E-state index in [1.807, 2.05) is 18.2 Å². The van der Waals surface area contributed by atoms with Gasteiger partial charge in [0.15, 0.2) is 0 Å². The minimum absolute atomic E-state index is 0.0393. The first kappa shape index (κ1) is 16.9. The molecule has 134 valence electrons. The normalized spacial score (nSPS) is 33.9. The topological polar surface area (TPSA) is 72.2 Å². The molecule has 4 bridgehead atoms. The quantitative estimate of drug-likeness (QED) is 0.847. The highest BCUT2D eigenvalue weighted by Gasteiger charge is 2.54. The van der Waals surface area contributed by atoms with Crippen LogP contribution in [0.25, 0.3) is 0 Å². The van der Waals surface area contributed by atoms with Crippen LogP contribution in [0.5, 0.6) is 0 Å². The molecule has 5 rings (SSSR count). The van der Waals surface area contributed by atoms with Crippen molar-refractivity contribution in [1.82, 2.24) is 5.32 Å². The first-order valence-corrected chi connectivity index (χ1v) is 9.66. The summed E-state index contributed by atoms with van der Waals surface area (Å²) in [6, 6.07) is 6.67. The number of nitrogens with two attached hydrogens (primary N) is 1. The number of hydrogen-bond acceptors (Lipinski definition) is 2. The number of benzene rings is 1. The Bertz CT molecular complexity index is 667. The SMILES string of the molecule is NC(=O)[C@@H](Cc1cccc(Cl)c1)NC(=O)C12CC3CC(CC(C3)C1)C2. The maximum absolute atomic E-state index is 13.1. The average molecular weight is 361 g/mol. The summed E-state index contributed by atoms with van der Waals surface area (Å²) in [5.41, 5.74) is 6.21. The van der Waals surface area contributed by atoms with Crippen molar-refractivity contribution in [2.45, 2.75) is 51.0 Å². The molecule has 4 aliphatic rings. The van der Waals surface area contributed by atoms with Crippen LogP contribution in [-0.2, 0) is 16.0 Å². The van der Waals surface area contributed by atoms with Gasteiger partial charge in [0, 0.05) is 16.9 Å². The summed E-state index contributed by atoms with van der Waals surface area (Å²) >= 11 is 6.02. The molecule has 0 unspecified atom stereocenters. The third kappa shape index (κ3) is 3.29. The number of carbonyl (C=O) groups is 2. The van der Waals surface area contributed by atoms with E-state index in [1.54, 1.807) is 6.07 Å². The first-order valence-electron chi connectivity index (χ1n) is 9.28. The smallest absolute Gasteiger partial charge is 0.240 e. The molecule has 1 atom stereocenters. The minimum Gasteiger partial charge on any atom is -0.368 e. The summed E-state index contributed by atoms with van der Waals surface area (Å²) in [6.07, 6.45) is 7.18. The molecule has 2 amide bonds. The molecule has 0 spiro atoms. The van der Waals surface area contributed by atoms with Gasteiger partial charge < -0.3 is 11.1 Å². The second-order valence-electron chi connectivity index (χ2n) is 8.46. The standard InChI is InChI=1S/C20H25ClN2O2/c21-16-3-1-2-12(7-16)8-17(18(22)24)23-19(25)20-9-13-4-14(10-20)6-15(5-13)11-20/h1-3,7,13-15,17H,4-6,8-11H2,(H2,22,24)(H,23,25)/t13?,14?,15?,17-,20?/m1/s1. The molecule has 0 aromatic heterocycles. The van der Waals surface area contributed by atoms with Crippen molar-refractivity contribution >= 4 is 23.4 Å². The molecule has 1 aromatic carbocycles. The zero-order valence-corrected chi connectivity index (χ0v) is 15.1. The van der Waals surface area contributed by atoms with E-state index in [0.29, 0.717) is 29.2 Å². The second kappa shape index (κ2) is 6.31. The fraction of sp³-hybridized carbons (Fsp3) is 0.600. The van der Waals surface area contributed by atoms with Gasteiger partial charge in [-0.05, 0) is 74.0 Å². The Morgan fingerprint density at radius 1 is 1.16 bits per heavy atom. The lowest BCUT2D eigenvalue weighted by atomic mass is 9.49. The molecule has 0 saturated heterocycles. The van der Waals surface area contributed by atoms with Crippen LogP contribution in [0.1, 0.15) is 44.1 Å². The van der Waals surface area contributed by atoms with Crippen molar-refractivity contribution in [1.29, 1.82) is 0 Å². The molecule has 25 heavy (non-hydrogen) atoms. The summed E-state index contributed by atoms with van der Waals surface area (Å²) in [5, 5.41) is 3.60. The number of hydrogen-bond donors (Lipinski definition) is 2. The predicted molar refractivity (Wildman–Crippen MR) is 96.9 cm³/mol. The van der Waals surface area contributed by atoms with E-state index in [2.05, 4.69) is 5.32 Å². The lowest BCUT2D eigenvalue weighted by molar-refractivity contribution is -0.148. The summed E-state index contributed by atoms with van der Waals surface area (Å²) in [4.78, 5) is 25.0. The molecule has 0 radical (unpaired) electrons. The fourth-order valence-electron chi connectivity index (χ4n) is 5.82. The third-order valence-corrected chi connectivity index (χ3v) is 6.73. The highest BCUT2D eigenvalue weighted by atomic mass is 35.5. The fourth-order valence-corrected chi connectivity index (χ4v) is 6.04. The Balaban J connectivity index is 1.49. The summed E-state index contributed by atoms with van der Waals surface area (Å²) < 4.78 is 0. The van der Waals surface area contributed by atoms with Crippen molar-refractivity contribution in [2.24, 2.45) is 28.9 Å². The molecule has 0 heterocycles. The van der Waals surface area contributed by atoms with Gasteiger partial charge in [-0.15, -0.1) is 0 Å². The number of halogens is 1. The van der Waals surface area contributed by atoms with Gasteiger partial charge in [-0.1, -0.05) is 23.7 Å². The van der Waals surface area contributed by atoms with E-state index in [1.165, 1.54) is 19.3 Å². The summed E-state index contributed by atoms with van der Waals surface area (Å²) in [6.45, 7) is 0. The second-order valence-corrected chi connectivity index (χ2v) is 8.90. The Morgan fingerprint density at radius 2 is 1.76 bits per heavy atom. The van der Waals surface area contributed by atoms with Gasteiger partial charge in [-0.2, -0.15) is 0 Å². The lowest BCUT2D eigenvalue weighted by Crippen LogP contribution is -2.57. The Hall–Kier alpha value is -1.55. The van der Waals surface area contributed by atoms with Crippen LogP contribution < -0.4 is 11.1 Å². The lowest BCUT2D eigenvalue weighted by Gasteiger charge is -2.55. The molecule has 4 nitrogen and oxygen atoms in total. The Labute approximate surface area is 153 Å². The minimum atomic E-state index is -0.682. The summed E-state index contributed by atoms with van der Waals surface area (Å²) in [7, 11) is 0. The molecule has 5 heteroatoms. The van der Waals surface area contributed by atoms with Gasteiger partial charge in [0.25, 0.3) is 0 Å². The van der Waals surface area contributed by atoms with Gasteiger partial charge >= 0.3 is 0 Å². The molecule has 0 aliphatic heterocycles. The van der Waals surface area contributed by atoms with Crippen LogP contribution in [-0.4, -0.2) is 17.9 Å². The molecular formula is C20H25ClN2O2. The zero-order valence-electron chi connectivity index (χ0n) is 14.3. The van der Waals surface area contributed by atoms with Crippen LogP contribution in [0.4, 0.5) is 0 Å². The van der Waals surface area contributed by atoms with Crippen LogP contribution in [0.3, 0.4) is 0 Å².